The summed E-state index contributed by atoms with van der Waals surface area (Å²) in [7, 11) is 0. The maximum Gasteiger partial charge on any atom is 0.274 e. The van der Waals surface area contributed by atoms with Crippen molar-refractivity contribution in [2.45, 2.75) is 20.3 Å². The van der Waals surface area contributed by atoms with E-state index >= 15 is 0 Å². The minimum atomic E-state index is -0.310. The van der Waals surface area contributed by atoms with Gasteiger partial charge in [0.2, 0.25) is 0 Å². The van der Waals surface area contributed by atoms with Crippen LogP contribution in [0.25, 0.3) is 11.4 Å². The van der Waals surface area contributed by atoms with E-state index in [9.17, 15) is 4.79 Å². The van der Waals surface area contributed by atoms with Crippen molar-refractivity contribution in [3.05, 3.63) is 83.7 Å². The molecule has 0 aliphatic rings. The summed E-state index contributed by atoms with van der Waals surface area (Å²) in [5, 5.41) is 9.97. The molecular weight excluding hydrogens is 378 g/mol. The highest BCUT2D eigenvalue weighted by molar-refractivity contribution is 6.04. The van der Waals surface area contributed by atoms with Crippen LogP contribution in [-0.2, 0) is 6.42 Å². The first-order valence-corrected chi connectivity index (χ1v) is 9.66. The SMILES string of the molecule is CCc1ccccc1NC(=O)c1cc(Nc2cc(C)on2)nc(-c2ccccc2)n1. The average molecular weight is 399 g/mol. The third-order valence-corrected chi connectivity index (χ3v) is 4.52. The highest BCUT2D eigenvalue weighted by atomic mass is 16.5. The molecule has 0 bridgehead atoms. The summed E-state index contributed by atoms with van der Waals surface area (Å²) in [5.74, 6) is 1.76. The van der Waals surface area contributed by atoms with Crippen LogP contribution in [0.3, 0.4) is 0 Å². The maximum atomic E-state index is 13.0. The van der Waals surface area contributed by atoms with Gasteiger partial charge in [0.1, 0.15) is 17.3 Å². The summed E-state index contributed by atoms with van der Waals surface area (Å²) in [6.07, 6.45) is 0.813. The third kappa shape index (κ3) is 4.35. The van der Waals surface area contributed by atoms with Crippen molar-refractivity contribution in [3.8, 4) is 11.4 Å². The molecule has 1 amide bonds. The quantitative estimate of drug-likeness (QED) is 0.474. The molecule has 0 saturated heterocycles. The second-order valence-electron chi connectivity index (χ2n) is 6.74. The molecule has 7 heteroatoms. The number of carbonyl (C=O) groups excluding carboxylic acids is 1. The number of para-hydroxylation sites is 1. The molecule has 30 heavy (non-hydrogen) atoms. The van der Waals surface area contributed by atoms with Crippen molar-refractivity contribution in [3.63, 3.8) is 0 Å². The third-order valence-electron chi connectivity index (χ3n) is 4.52. The summed E-state index contributed by atoms with van der Waals surface area (Å²) in [6.45, 7) is 3.85. The van der Waals surface area contributed by atoms with E-state index in [2.05, 4.69) is 25.8 Å². The Balaban J connectivity index is 1.70. The number of anilines is 3. The van der Waals surface area contributed by atoms with Crippen molar-refractivity contribution < 1.29 is 9.32 Å². The summed E-state index contributed by atoms with van der Waals surface area (Å²) in [6, 6.07) is 20.6. The second kappa shape index (κ2) is 8.57. The van der Waals surface area contributed by atoms with Crippen molar-refractivity contribution in [1.82, 2.24) is 15.1 Å². The standard InChI is InChI=1S/C23H21N5O2/c1-3-16-9-7-8-12-18(16)25-23(29)19-14-20(26-21-13-15(2)30-28-21)27-22(24-19)17-10-5-4-6-11-17/h4-14H,3H2,1-2H3,(H,25,29)(H,24,26,27,28). The fourth-order valence-electron chi connectivity index (χ4n) is 3.04. The van der Waals surface area contributed by atoms with Crippen LogP contribution in [0.15, 0.2) is 71.3 Å². The molecule has 0 atom stereocenters. The Kier molecular flexibility index (Phi) is 5.52. The summed E-state index contributed by atoms with van der Waals surface area (Å²) < 4.78 is 5.10. The van der Waals surface area contributed by atoms with Gasteiger partial charge in [-0.3, -0.25) is 4.79 Å². The number of carbonyl (C=O) groups is 1. The fraction of sp³-hybridized carbons (Fsp3) is 0.130. The predicted molar refractivity (Wildman–Crippen MR) is 116 cm³/mol. The van der Waals surface area contributed by atoms with E-state index in [1.54, 1.807) is 19.1 Å². The van der Waals surface area contributed by atoms with Gasteiger partial charge in [-0.05, 0) is 25.0 Å². The van der Waals surface area contributed by atoms with E-state index in [4.69, 9.17) is 4.52 Å². The molecular formula is C23H21N5O2. The van der Waals surface area contributed by atoms with Crippen LogP contribution in [-0.4, -0.2) is 21.0 Å². The van der Waals surface area contributed by atoms with E-state index in [1.165, 1.54) is 0 Å². The van der Waals surface area contributed by atoms with Gasteiger partial charge in [-0.15, -0.1) is 0 Å². The lowest BCUT2D eigenvalue weighted by Crippen LogP contribution is -2.16. The van der Waals surface area contributed by atoms with Crippen LogP contribution >= 0.6 is 0 Å². The molecule has 4 aromatic rings. The Hall–Kier alpha value is -4.00. The topological polar surface area (TPSA) is 92.9 Å². The molecule has 2 N–H and O–H groups in total. The van der Waals surface area contributed by atoms with Gasteiger partial charge in [0.25, 0.3) is 5.91 Å². The van der Waals surface area contributed by atoms with E-state index in [1.807, 2.05) is 61.5 Å². The molecule has 0 unspecified atom stereocenters. The zero-order valence-corrected chi connectivity index (χ0v) is 16.7. The number of benzene rings is 2. The Morgan fingerprint density at radius 3 is 2.47 bits per heavy atom. The smallest absolute Gasteiger partial charge is 0.274 e. The van der Waals surface area contributed by atoms with Gasteiger partial charge in [-0.25, -0.2) is 9.97 Å². The number of aromatic nitrogens is 3. The molecule has 0 radical (unpaired) electrons. The van der Waals surface area contributed by atoms with Gasteiger partial charge in [0, 0.05) is 23.4 Å². The molecule has 2 heterocycles. The molecule has 0 aliphatic carbocycles. The lowest BCUT2D eigenvalue weighted by Gasteiger charge is -2.11. The Bertz CT molecular complexity index is 1170. The van der Waals surface area contributed by atoms with Gasteiger partial charge in [0.05, 0.1) is 0 Å². The number of rotatable bonds is 6. The molecule has 7 nitrogen and oxygen atoms in total. The van der Waals surface area contributed by atoms with E-state index < -0.39 is 0 Å². The van der Waals surface area contributed by atoms with Crippen LogP contribution in [0.5, 0.6) is 0 Å². The van der Waals surface area contributed by atoms with Crippen LogP contribution in [0.1, 0.15) is 28.7 Å². The number of aryl methyl sites for hydroxylation is 2. The lowest BCUT2D eigenvalue weighted by molar-refractivity contribution is 0.102. The zero-order chi connectivity index (χ0) is 20.9. The molecule has 0 spiro atoms. The maximum absolute atomic E-state index is 13.0. The zero-order valence-electron chi connectivity index (χ0n) is 16.7. The largest absolute Gasteiger partial charge is 0.360 e. The minimum absolute atomic E-state index is 0.248. The molecule has 2 aromatic carbocycles. The number of hydrogen-bond acceptors (Lipinski definition) is 6. The number of amides is 1. The summed E-state index contributed by atoms with van der Waals surface area (Å²) in [5.41, 5.74) is 2.88. The van der Waals surface area contributed by atoms with E-state index in [0.717, 1.165) is 23.2 Å². The first-order valence-electron chi connectivity index (χ1n) is 9.66. The minimum Gasteiger partial charge on any atom is -0.360 e. The summed E-state index contributed by atoms with van der Waals surface area (Å²) in [4.78, 5) is 22.1. The van der Waals surface area contributed by atoms with Gasteiger partial charge in [-0.2, -0.15) is 0 Å². The highest BCUT2D eigenvalue weighted by Crippen LogP contribution is 2.22. The average Bonchev–Trinajstić information content (AvgIpc) is 3.19. The van der Waals surface area contributed by atoms with Gasteiger partial charge in [-0.1, -0.05) is 60.6 Å². The molecule has 2 aromatic heterocycles. The second-order valence-corrected chi connectivity index (χ2v) is 6.74. The summed E-state index contributed by atoms with van der Waals surface area (Å²) >= 11 is 0. The molecule has 0 saturated carbocycles. The van der Waals surface area contributed by atoms with Crippen LogP contribution < -0.4 is 10.6 Å². The molecule has 4 rings (SSSR count). The van der Waals surface area contributed by atoms with E-state index in [-0.39, 0.29) is 11.6 Å². The Morgan fingerprint density at radius 1 is 0.967 bits per heavy atom. The van der Waals surface area contributed by atoms with Crippen molar-refractivity contribution >= 4 is 23.2 Å². The molecule has 150 valence electrons. The first kappa shape index (κ1) is 19.3. The number of nitrogens with one attached hydrogen (secondary N) is 2. The Labute approximate surface area is 174 Å². The van der Waals surface area contributed by atoms with Crippen molar-refractivity contribution in [1.29, 1.82) is 0 Å². The van der Waals surface area contributed by atoms with Crippen LogP contribution in [0.2, 0.25) is 0 Å². The number of hydrogen-bond donors (Lipinski definition) is 2. The fourth-order valence-corrected chi connectivity index (χ4v) is 3.04. The van der Waals surface area contributed by atoms with Crippen molar-refractivity contribution in [2.75, 3.05) is 10.6 Å². The normalized spacial score (nSPS) is 10.6. The van der Waals surface area contributed by atoms with E-state index in [0.29, 0.717) is 23.2 Å². The predicted octanol–water partition coefficient (Wildman–Crippen LogP) is 5.00. The molecule has 0 aliphatic heterocycles. The van der Waals surface area contributed by atoms with Crippen LogP contribution in [0, 0.1) is 6.92 Å². The number of nitrogens with zero attached hydrogens (tertiary/aromatic N) is 3. The lowest BCUT2D eigenvalue weighted by atomic mass is 10.1. The van der Waals surface area contributed by atoms with Crippen LogP contribution in [0.4, 0.5) is 17.3 Å². The first-order chi connectivity index (χ1) is 14.6. The monoisotopic (exact) mass is 399 g/mol. The van der Waals surface area contributed by atoms with Gasteiger partial charge >= 0.3 is 0 Å². The Morgan fingerprint density at radius 2 is 1.73 bits per heavy atom. The van der Waals surface area contributed by atoms with Crippen molar-refractivity contribution in [2.24, 2.45) is 0 Å². The highest BCUT2D eigenvalue weighted by Gasteiger charge is 2.15. The van der Waals surface area contributed by atoms with Gasteiger partial charge < -0.3 is 15.2 Å². The molecule has 0 fully saturated rings. The van der Waals surface area contributed by atoms with Gasteiger partial charge in [0.15, 0.2) is 11.6 Å².